The summed E-state index contributed by atoms with van der Waals surface area (Å²) in [4.78, 5) is 19.6. The summed E-state index contributed by atoms with van der Waals surface area (Å²) in [6.07, 6.45) is 2.16. The summed E-state index contributed by atoms with van der Waals surface area (Å²) in [5, 5.41) is 0.921. The van der Waals surface area contributed by atoms with Crippen molar-refractivity contribution in [3.63, 3.8) is 0 Å². The highest BCUT2D eigenvalue weighted by molar-refractivity contribution is 5.86. The Balaban J connectivity index is 1.47. The summed E-state index contributed by atoms with van der Waals surface area (Å²) in [5.74, 6) is 1.72. The van der Waals surface area contributed by atoms with E-state index >= 15 is 0 Å². The van der Waals surface area contributed by atoms with Gasteiger partial charge in [0, 0.05) is 30.5 Å². The molecule has 0 radical (unpaired) electrons. The molecule has 6 heteroatoms. The molecule has 0 atom stereocenters. The van der Waals surface area contributed by atoms with Crippen LogP contribution in [0.4, 0.5) is 5.69 Å². The van der Waals surface area contributed by atoms with Crippen LogP contribution in [0.15, 0.2) is 42.5 Å². The van der Waals surface area contributed by atoms with Crippen LogP contribution in [-0.4, -0.2) is 43.1 Å². The lowest BCUT2D eigenvalue weighted by molar-refractivity contribution is -0.131. The number of piperidine rings is 1. The second kappa shape index (κ2) is 8.84. The molecule has 1 fully saturated rings. The van der Waals surface area contributed by atoms with Crippen LogP contribution in [-0.2, 0) is 11.2 Å². The first-order valence-electron chi connectivity index (χ1n) is 10.6. The van der Waals surface area contributed by atoms with Crippen LogP contribution >= 0.6 is 0 Å². The first kappa shape index (κ1) is 21.0. The number of carbonyl (C=O) groups excluding carboxylic acids is 1. The zero-order chi connectivity index (χ0) is 22.0. The Kier molecular flexibility index (Phi) is 5.98. The van der Waals surface area contributed by atoms with E-state index in [1.54, 1.807) is 14.2 Å². The van der Waals surface area contributed by atoms with Crippen molar-refractivity contribution in [3.8, 4) is 11.5 Å². The van der Waals surface area contributed by atoms with Gasteiger partial charge in [0.1, 0.15) is 0 Å². The number of nitrogens with two attached hydrogens (primary N) is 1. The molecule has 1 saturated heterocycles. The van der Waals surface area contributed by atoms with Crippen LogP contribution in [0.25, 0.3) is 10.9 Å². The zero-order valence-corrected chi connectivity index (χ0v) is 18.4. The monoisotopic (exact) mass is 419 g/mol. The fourth-order valence-corrected chi connectivity index (χ4v) is 4.25. The van der Waals surface area contributed by atoms with Crippen LogP contribution in [0.3, 0.4) is 0 Å². The topological polar surface area (TPSA) is 77.7 Å². The number of hydrogen-bond acceptors (Lipinski definition) is 5. The van der Waals surface area contributed by atoms with Crippen molar-refractivity contribution in [1.29, 1.82) is 0 Å². The lowest BCUT2D eigenvalue weighted by Gasteiger charge is -2.32. The molecule has 2 N–H and O–H groups in total. The van der Waals surface area contributed by atoms with Crippen LogP contribution in [0, 0.1) is 6.92 Å². The Bertz CT molecular complexity index is 1090. The summed E-state index contributed by atoms with van der Waals surface area (Å²) in [6, 6.07) is 13.9. The van der Waals surface area contributed by atoms with E-state index in [1.165, 1.54) is 5.56 Å². The third-order valence-corrected chi connectivity index (χ3v) is 6.09. The maximum absolute atomic E-state index is 12.7. The molecule has 3 aromatic rings. The number of carbonyl (C=O) groups is 1. The molecule has 1 amide bonds. The number of nitrogens with zero attached hydrogens (tertiary/aromatic N) is 2. The first-order chi connectivity index (χ1) is 15.0. The molecule has 0 spiro atoms. The number of likely N-dealkylation sites (tertiary alicyclic amines) is 1. The Morgan fingerprint density at radius 3 is 2.35 bits per heavy atom. The third-order valence-electron chi connectivity index (χ3n) is 6.09. The van der Waals surface area contributed by atoms with Crippen molar-refractivity contribution in [3.05, 3.63) is 59.3 Å². The smallest absolute Gasteiger partial charge is 0.226 e. The van der Waals surface area contributed by atoms with Gasteiger partial charge in [-0.05, 0) is 37.5 Å². The number of aromatic nitrogens is 1. The minimum Gasteiger partial charge on any atom is -0.493 e. The fourth-order valence-electron chi connectivity index (χ4n) is 4.25. The van der Waals surface area contributed by atoms with Crippen molar-refractivity contribution in [1.82, 2.24) is 9.88 Å². The molecule has 31 heavy (non-hydrogen) atoms. The largest absolute Gasteiger partial charge is 0.493 e. The average molecular weight is 420 g/mol. The second-order valence-electron chi connectivity index (χ2n) is 8.18. The molecule has 6 nitrogen and oxygen atoms in total. The molecule has 1 aliphatic rings. The lowest BCUT2D eigenvalue weighted by Crippen LogP contribution is -2.39. The summed E-state index contributed by atoms with van der Waals surface area (Å²) in [6.45, 7) is 3.50. The maximum atomic E-state index is 12.7. The highest BCUT2D eigenvalue weighted by Gasteiger charge is 2.26. The van der Waals surface area contributed by atoms with Gasteiger partial charge in [-0.1, -0.05) is 29.8 Å². The number of fused-ring (bicyclic) bond motifs is 1. The lowest BCUT2D eigenvalue weighted by atomic mass is 9.91. The number of amides is 1. The van der Waals surface area contributed by atoms with Gasteiger partial charge in [-0.2, -0.15) is 0 Å². The first-order valence-corrected chi connectivity index (χ1v) is 10.6. The molecule has 2 heterocycles. The van der Waals surface area contributed by atoms with Gasteiger partial charge in [0.25, 0.3) is 0 Å². The van der Waals surface area contributed by atoms with Crippen LogP contribution in [0.1, 0.15) is 35.6 Å². The molecule has 0 saturated carbocycles. The standard InChI is InChI=1S/C25H29N3O3/c1-16-4-6-17(7-5-16)12-24(29)28-10-8-18(9-11-28)25-20(26)13-19-14-22(30-2)23(31-3)15-21(19)27-25/h4-7,13-15,18H,8-12,26H2,1-3H3. The number of anilines is 1. The van der Waals surface area contributed by atoms with Gasteiger partial charge >= 0.3 is 0 Å². The van der Waals surface area contributed by atoms with Gasteiger partial charge in [-0.3, -0.25) is 9.78 Å². The van der Waals surface area contributed by atoms with Crippen molar-refractivity contribution in [2.75, 3.05) is 33.0 Å². The summed E-state index contributed by atoms with van der Waals surface area (Å²) >= 11 is 0. The van der Waals surface area contributed by atoms with Gasteiger partial charge in [0.2, 0.25) is 5.91 Å². The number of pyridine rings is 1. The molecule has 162 valence electrons. The molecule has 0 aliphatic carbocycles. The summed E-state index contributed by atoms with van der Waals surface area (Å²) in [7, 11) is 3.23. The second-order valence-corrected chi connectivity index (χ2v) is 8.18. The highest BCUT2D eigenvalue weighted by atomic mass is 16.5. The Morgan fingerprint density at radius 2 is 1.71 bits per heavy atom. The van der Waals surface area contributed by atoms with E-state index in [-0.39, 0.29) is 11.8 Å². The van der Waals surface area contributed by atoms with Crippen molar-refractivity contribution >= 4 is 22.5 Å². The summed E-state index contributed by atoms with van der Waals surface area (Å²) in [5.41, 5.74) is 11.1. The number of ether oxygens (including phenoxy) is 2. The Hall–Kier alpha value is -3.28. The fraction of sp³-hybridized carbons (Fsp3) is 0.360. The van der Waals surface area contributed by atoms with E-state index in [0.29, 0.717) is 23.6 Å². The predicted molar refractivity (Wildman–Crippen MR) is 123 cm³/mol. The molecule has 1 aliphatic heterocycles. The van der Waals surface area contributed by atoms with Gasteiger partial charge in [0.05, 0.1) is 37.5 Å². The molecule has 0 bridgehead atoms. The van der Waals surface area contributed by atoms with E-state index in [0.717, 1.165) is 48.1 Å². The average Bonchev–Trinajstić information content (AvgIpc) is 2.79. The van der Waals surface area contributed by atoms with E-state index in [2.05, 4.69) is 6.92 Å². The van der Waals surface area contributed by atoms with Gasteiger partial charge < -0.3 is 20.1 Å². The zero-order valence-electron chi connectivity index (χ0n) is 18.4. The quantitative estimate of drug-likeness (QED) is 0.674. The normalized spacial score (nSPS) is 14.6. The third kappa shape index (κ3) is 4.43. The number of rotatable bonds is 5. The van der Waals surface area contributed by atoms with E-state index < -0.39 is 0 Å². The SMILES string of the molecule is COc1cc2cc(N)c(C3CCN(C(=O)Cc4ccc(C)cc4)CC3)nc2cc1OC. The van der Waals surface area contributed by atoms with Crippen LogP contribution < -0.4 is 15.2 Å². The molecular formula is C25H29N3O3. The van der Waals surface area contributed by atoms with E-state index in [4.69, 9.17) is 20.2 Å². The maximum Gasteiger partial charge on any atom is 0.226 e. The van der Waals surface area contributed by atoms with E-state index in [9.17, 15) is 4.79 Å². The van der Waals surface area contributed by atoms with Crippen LogP contribution in [0.2, 0.25) is 0 Å². The number of aryl methyl sites for hydroxylation is 1. The molecule has 1 aromatic heterocycles. The Labute approximate surface area is 183 Å². The number of methoxy groups -OCH3 is 2. The summed E-state index contributed by atoms with van der Waals surface area (Å²) < 4.78 is 10.8. The number of nitrogen functional groups attached to an aromatic ring is 1. The van der Waals surface area contributed by atoms with Gasteiger partial charge in [-0.25, -0.2) is 0 Å². The van der Waals surface area contributed by atoms with Crippen LogP contribution in [0.5, 0.6) is 11.5 Å². The molecule has 0 unspecified atom stereocenters. The van der Waals surface area contributed by atoms with Crippen molar-refractivity contribution in [2.45, 2.75) is 32.1 Å². The molecule has 4 rings (SSSR count). The van der Waals surface area contributed by atoms with Gasteiger partial charge in [0.15, 0.2) is 11.5 Å². The van der Waals surface area contributed by atoms with Gasteiger partial charge in [-0.15, -0.1) is 0 Å². The Morgan fingerprint density at radius 1 is 1.06 bits per heavy atom. The van der Waals surface area contributed by atoms with Crippen molar-refractivity contribution < 1.29 is 14.3 Å². The van der Waals surface area contributed by atoms with E-state index in [1.807, 2.05) is 47.4 Å². The molecular weight excluding hydrogens is 390 g/mol. The van der Waals surface area contributed by atoms with Crippen molar-refractivity contribution in [2.24, 2.45) is 0 Å². The number of hydrogen-bond donors (Lipinski definition) is 1. The predicted octanol–water partition coefficient (Wildman–Crippen LogP) is 4.09. The minimum atomic E-state index is 0.179. The number of benzene rings is 2. The highest BCUT2D eigenvalue weighted by Crippen LogP contribution is 2.36. The minimum absolute atomic E-state index is 0.179. The molecule has 2 aromatic carbocycles.